The fourth-order valence-corrected chi connectivity index (χ4v) is 2.91. The van der Waals surface area contributed by atoms with E-state index in [0.29, 0.717) is 25.6 Å². The van der Waals surface area contributed by atoms with Gasteiger partial charge in [-0.3, -0.25) is 0 Å². The topological polar surface area (TPSA) is 50.2 Å². The molecule has 0 unspecified atom stereocenters. The number of nitrogens with one attached hydrogen (secondary N) is 1. The molecule has 128 valence electrons. The highest BCUT2D eigenvalue weighted by molar-refractivity contribution is 6.31. The fourth-order valence-electron chi connectivity index (χ4n) is 2.71. The van der Waals surface area contributed by atoms with Crippen molar-refractivity contribution in [3.63, 3.8) is 0 Å². The molecule has 6 heteroatoms. The lowest BCUT2D eigenvalue weighted by atomic mass is 10.2. The predicted octanol–water partition coefficient (Wildman–Crippen LogP) is 3.53. The Balaban J connectivity index is 1.73. The molecule has 0 bridgehead atoms. The lowest BCUT2D eigenvalue weighted by molar-refractivity contribution is 0.191. The Morgan fingerprint density at radius 3 is 2.92 bits per heavy atom. The van der Waals surface area contributed by atoms with Crippen molar-refractivity contribution >= 4 is 17.6 Å². The van der Waals surface area contributed by atoms with Crippen molar-refractivity contribution in [3.8, 4) is 0 Å². The summed E-state index contributed by atoms with van der Waals surface area (Å²) in [4.78, 5) is 18.6. The molecule has 1 aromatic carbocycles. The third-order valence-electron chi connectivity index (χ3n) is 4.22. The van der Waals surface area contributed by atoms with Crippen molar-refractivity contribution in [2.24, 2.45) is 5.92 Å². The number of carbonyl (C=O) groups is 1. The van der Waals surface area contributed by atoms with Gasteiger partial charge in [-0.2, -0.15) is 0 Å². The Hall–Kier alpha value is -2.01. The maximum absolute atomic E-state index is 12.3. The van der Waals surface area contributed by atoms with Crippen LogP contribution in [0.15, 0.2) is 36.7 Å². The molecule has 24 heavy (non-hydrogen) atoms. The normalized spacial score (nSPS) is 13.8. The van der Waals surface area contributed by atoms with Crippen LogP contribution in [0.4, 0.5) is 4.79 Å². The molecule has 0 saturated heterocycles. The molecule has 1 heterocycles. The number of carbonyl (C=O) groups excluding carboxylic acids is 1. The second-order valence-electron chi connectivity index (χ2n) is 6.22. The maximum atomic E-state index is 12.3. The summed E-state index contributed by atoms with van der Waals surface area (Å²) in [6, 6.07) is 7.79. The summed E-state index contributed by atoms with van der Waals surface area (Å²) < 4.78 is 2.06. The van der Waals surface area contributed by atoms with Crippen molar-refractivity contribution in [2.75, 3.05) is 13.1 Å². The second kappa shape index (κ2) is 7.71. The first-order chi connectivity index (χ1) is 11.7. The van der Waals surface area contributed by atoms with Crippen LogP contribution in [-0.2, 0) is 13.1 Å². The first-order valence-electron chi connectivity index (χ1n) is 8.43. The molecule has 2 aromatic rings. The van der Waals surface area contributed by atoms with E-state index in [4.69, 9.17) is 11.6 Å². The predicted molar refractivity (Wildman–Crippen MR) is 95.0 cm³/mol. The third kappa shape index (κ3) is 4.29. The van der Waals surface area contributed by atoms with E-state index < -0.39 is 0 Å². The average Bonchev–Trinajstić information content (AvgIpc) is 3.28. The highest BCUT2D eigenvalue weighted by atomic mass is 35.5. The summed E-state index contributed by atoms with van der Waals surface area (Å²) in [5.74, 6) is 1.52. The SMILES string of the molecule is CCNC(=O)N(Cc1nccn1Cc1ccccc1Cl)CC1CC1. The van der Waals surface area contributed by atoms with Gasteiger partial charge in [0.15, 0.2) is 0 Å². The Kier molecular flexibility index (Phi) is 5.41. The summed E-state index contributed by atoms with van der Waals surface area (Å²) in [7, 11) is 0. The molecule has 1 aromatic heterocycles. The fraction of sp³-hybridized carbons (Fsp3) is 0.444. The standard InChI is InChI=1S/C18H23ClN4O/c1-2-20-18(24)23(11-14-7-8-14)13-17-21-9-10-22(17)12-15-5-3-4-6-16(15)19/h3-6,9-10,14H,2,7-8,11-13H2,1H3,(H,20,24). The quantitative estimate of drug-likeness (QED) is 0.833. The second-order valence-corrected chi connectivity index (χ2v) is 6.63. The maximum Gasteiger partial charge on any atom is 0.317 e. The van der Waals surface area contributed by atoms with Crippen LogP contribution >= 0.6 is 11.6 Å². The van der Waals surface area contributed by atoms with Crippen molar-refractivity contribution in [3.05, 3.63) is 53.1 Å². The molecular weight excluding hydrogens is 324 g/mol. The van der Waals surface area contributed by atoms with E-state index in [0.717, 1.165) is 23.0 Å². The molecule has 1 saturated carbocycles. The van der Waals surface area contributed by atoms with Gasteiger partial charge in [-0.15, -0.1) is 0 Å². The minimum atomic E-state index is -0.0170. The van der Waals surface area contributed by atoms with Crippen molar-refractivity contribution < 1.29 is 4.79 Å². The third-order valence-corrected chi connectivity index (χ3v) is 4.59. The monoisotopic (exact) mass is 346 g/mol. The van der Waals surface area contributed by atoms with E-state index in [9.17, 15) is 4.79 Å². The van der Waals surface area contributed by atoms with Gasteiger partial charge in [0.25, 0.3) is 0 Å². The molecular formula is C18H23ClN4O. The van der Waals surface area contributed by atoms with Crippen LogP contribution in [-0.4, -0.2) is 33.6 Å². The first-order valence-corrected chi connectivity index (χ1v) is 8.81. The molecule has 1 N–H and O–H groups in total. The summed E-state index contributed by atoms with van der Waals surface area (Å²) >= 11 is 6.26. The number of hydrogen-bond donors (Lipinski definition) is 1. The van der Waals surface area contributed by atoms with Crippen LogP contribution in [0.1, 0.15) is 31.2 Å². The summed E-state index contributed by atoms with van der Waals surface area (Å²) in [6.45, 7) is 4.53. The van der Waals surface area contributed by atoms with Crippen LogP contribution in [0.5, 0.6) is 0 Å². The van der Waals surface area contributed by atoms with E-state index in [1.807, 2.05) is 42.3 Å². The van der Waals surface area contributed by atoms with Crippen molar-refractivity contribution in [1.82, 2.24) is 19.8 Å². The van der Waals surface area contributed by atoms with Crippen molar-refractivity contribution in [1.29, 1.82) is 0 Å². The van der Waals surface area contributed by atoms with Crippen molar-refractivity contribution in [2.45, 2.75) is 32.9 Å². The molecule has 1 fully saturated rings. The highest BCUT2D eigenvalue weighted by Gasteiger charge is 2.27. The highest BCUT2D eigenvalue weighted by Crippen LogP contribution is 2.30. The van der Waals surface area contributed by atoms with Gasteiger partial charge in [0.2, 0.25) is 0 Å². The molecule has 0 atom stereocenters. The number of imidazole rings is 1. The molecule has 0 radical (unpaired) electrons. The van der Waals surface area contributed by atoms with Crippen LogP contribution in [0.2, 0.25) is 5.02 Å². The van der Waals surface area contributed by atoms with Gasteiger partial charge in [0.05, 0.1) is 13.1 Å². The molecule has 0 aliphatic heterocycles. The zero-order valence-electron chi connectivity index (χ0n) is 13.9. The number of urea groups is 1. The average molecular weight is 347 g/mol. The van der Waals surface area contributed by atoms with E-state index in [2.05, 4.69) is 14.9 Å². The zero-order chi connectivity index (χ0) is 16.9. The van der Waals surface area contributed by atoms with Gasteiger partial charge in [0, 0.05) is 30.5 Å². The summed E-state index contributed by atoms with van der Waals surface area (Å²) in [6.07, 6.45) is 6.14. The molecule has 2 amide bonds. The lowest BCUT2D eigenvalue weighted by Gasteiger charge is -2.23. The number of aromatic nitrogens is 2. The number of hydrogen-bond acceptors (Lipinski definition) is 2. The molecule has 3 rings (SSSR count). The molecule has 1 aliphatic carbocycles. The van der Waals surface area contributed by atoms with Crippen LogP contribution in [0.25, 0.3) is 0 Å². The van der Waals surface area contributed by atoms with E-state index >= 15 is 0 Å². The van der Waals surface area contributed by atoms with Crippen LogP contribution in [0.3, 0.4) is 0 Å². The number of benzene rings is 1. The summed E-state index contributed by atoms with van der Waals surface area (Å²) in [5.41, 5.74) is 1.05. The largest absolute Gasteiger partial charge is 0.338 e. The van der Waals surface area contributed by atoms with Gasteiger partial charge in [-0.05, 0) is 37.3 Å². The van der Waals surface area contributed by atoms with Gasteiger partial charge in [-0.1, -0.05) is 29.8 Å². The van der Waals surface area contributed by atoms with E-state index in [1.165, 1.54) is 12.8 Å². The van der Waals surface area contributed by atoms with Gasteiger partial charge >= 0.3 is 6.03 Å². The first kappa shape index (κ1) is 16.8. The van der Waals surface area contributed by atoms with Gasteiger partial charge in [0.1, 0.15) is 5.82 Å². The number of rotatable bonds is 7. The van der Waals surface area contributed by atoms with E-state index in [-0.39, 0.29) is 6.03 Å². The Labute approximate surface area is 147 Å². The number of halogens is 1. The number of amides is 2. The molecule has 1 aliphatic rings. The Morgan fingerprint density at radius 1 is 1.42 bits per heavy atom. The van der Waals surface area contributed by atoms with Gasteiger partial charge in [-0.25, -0.2) is 9.78 Å². The zero-order valence-corrected chi connectivity index (χ0v) is 14.7. The number of nitrogens with zero attached hydrogens (tertiary/aromatic N) is 3. The molecule has 0 spiro atoms. The van der Waals surface area contributed by atoms with Gasteiger partial charge < -0.3 is 14.8 Å². The van der Waals surface area contributed by atoms with Crippen LogP contribution in [0, 0.1) is 5.92 Å². The Bertz CT molecular complexity index is 696. The van der Waals surface area contributed by atoms with Crippen LogP contribution < -0.4 is 5.32 Å². The minimum Gasteiger partial charge on any atom is -0.338 e. The lowest BCUT2D eigenvalue weighted by Crippen LogP contribution is -2.41. The minimum absolute atomic E-state index is 0.0170. The summed E-state index contributed by atoms with van der Waals surface area (Å²) in [5, 5.41) is 3.64. The smallest absolute Gasteiger partial charge is 0.317 e. The molecule has 5 nitrogen and oxygen atoms in total. The van der Waals surface area contributed by atoms with E-state index in [1.54, 1.807) is 6.20 Å². The Morgan fingerprint density at radius 2 is 2.21 bits per heavy atom.